The molecule has 0 aliphatic heterocycles. The topological polar surface area (TPSA) is 119 Å². The highest BCUT2D eigenvalue weighted by atomic mass is 16.3. The van der Waals surface area contributed by atoms with E-state index in [9.17, 15) is 15.2 Å². The smallest absolute Gasteiger partial charge is 0.223 e. The molecule has 0 aliphatic rings. The van der Waals surface area contributed by atoms with Gasteiger partial charge in [-0.1, -0.05) is 81.6 Å². The first-order chi connectivity index (χ1) is 18.0. The molecule has 1 unspecified atom stereocenters. The van der Waals surface area contributed by atoms with Crippen LogP contribution in [0.1, 0.15) is 71.3 Å². The van der Waals surface area contributed by atoms with Crippen molar-refractivity contribution < 1.29 is 9.90 Å². The van der Waals surface area contributed by atoms with Crippen molar-refractivity contribution >= 4 is 5.91 Å². The number of nitrogens with zero attached hydrogens (tertiary/aromatic N) is 5. The minimum Gasteiger partial charge on any atom is -0.394 e. The number of rotatable bonds is 14. The lowest BCUT2D eigenvalue weighted by Crippen LogP contribution is -2.52. The molecule has 1 aromatic heterocycles. The van der Waals surface area contributed by atoms with Gasteiger partial charge in [-0.05, 0) is 48.1 Å². The SMILES string of the molecule is CCCCC(=O)N(Cc1ccc(-c2ccccc2-c2nn[nH]n2)cc1)[C@](C)(CO)CC(C#N)CCCC. The lowest BCUT2D eigenvalue weighted by molar-refractivity contribution is -0.141. The fraction of sp³-hybridized carbons (Fsp3) is 0.483. The molecule has 0 aliphatic carbocycles. The first-order valence-corrected chi connectivity index (χ1v) is 13.2. The van der Waals surface area contributed by atoms with Crippen LogP contribution in [-0.2, 0) is 11.3 Å². The molecular formula is C29H38N6O2. The van der Waals surface area contributed by atoms with Crippen molar-refractivity contribution in [3.05, 3.63) is 54.1 Å². The third-order valence-electron chi connectivity index (χ3n) is 6.93. The Hall–Kier alpha value is -3.57. The molecule has 0 bridgehead atoms. The molecule has 2 N–H and O–H groups in total. The van der Waals surface area contributed by atoms with Crippen LogP contribution in [0, 0.1) is 17.2 Å². The first kappa shape index (κ1) is 28.0. The highest BCUT2D eigenvalue weighted by Crippen LogP contribution is 2.32. The second-order valence-corrected chi connectivity index (χ2v) is 9.89. The first-order valence-electron chi connectivity index (χ1n) is 13.2. The zero-order valence-electron chi connectivity index (χ0n) is 22.2. The Morgan fingerprint density at radius 1 is 1.11 bits per heavy atom. The van der Waals surface area contributed by atoms with Gasteiger partial charge in [-0.3, -0.25) is 4.79 Å². The summed E-state index contributed by atoms with van der Waals surface area (Å²) >= 11 is 0. The average molecular weight is 503 g/mol. The van der Waals surface area contributed by atoms with E-state index >= 15 is 0 Å². The molecule has 3 aromatic rings. The number of aliphatic hydroxyl groups is 1. The van der Waals surface area contributed by atoms with Crippen molar-refractivity contribution in [2.45, 2.75) is 77.8 Å². The van der Waals surface area contributed by atoms with Crippen LogP contribution in [0.15, 0.2) is 48.5 Å². The van der Waals surface area contributed by atoms with Gasteiger partial charge in [0.1, 0.15) is 0 Å². The van der Waals surface area contributed by atoms with Crippen LogP contribution < -0.4 is 0 Å². The van der Waals surface area contributed by atoms with Crippen molar-refractivity contribution in [3.63, 3.8) is 0 Å². The molecule has 8 heteroatoms. The predicted molar refractivity (Wildman–Crippen MR) is 144 cm³/mol. The third-order valence-corrected chi connectivity index (χ3v) is 6.93. The fourth-order valence-electron chi connectivity index (χ4n) is 4.67. The average Bonchev–Trinajstić information content (AvgIpc) is 3.48. The molecule has 3 rings (SSSR count). The number of hydrogen-bond acceptors (Lipinski definition) is 6. The second-order valence-electron chi connectivity index (χ2n) is 9.89. The Balaban J connectivity index is 1.87. The van der Waals surface area contributed by atoms with Crippen molar-refractivity contribution in [3.8, 4) is 28.6 Å². The van der Waals surface area contributed by atoms with Gasteiger partial charge >= 0.3 is 0 Å². The van der Waals surface area contributed by atoms with Gasteiger partial charge < -0.3 is 10.0 Å². The maximum absolute atomic E-state index is 13.4. The molecule has 0 spiro atoms. The third kappa shape index (κ3) is 7.23. The Labute approximate surface area is 219 Å². The zero-order valence-corrected chi connectivity index (χ0v) is 22.2. The van der Waals surface area contributed by atoms with Gasteiger partial charge in [-0.2, -0.15) is 10.5 Å². The normalized spacial score (nSPS) is 13.5. The number of aliphatic hydroxyl groups excluding tert-OH is 1. The molecule has 0 saturated carbocycles. The standard InChI is InChI=1S/C29H38N6O2/c1-4-6-10-23(19-30)18-29(3,21-36)35(27(37)13-7-5-2)20-22-14-16-24(17-15-22)25-11-8-9-12-26(25)28-31-33-34-32-28/h8-9,11-12,14-17,23,36H,4-7,10,13,18,20-21H2,1-3H3,(H,31,32,33,34)/t23?,29-/m0/s1. The highest BCUT2D eigenvalue weighted by molar-refractivity contribution is 5.80. The predicted octanol–water partition coefficient (Wildman–Crippen LogP) is 5.52. The van der Waals surface area contributed by atoms with E-state index in [-0.39, 0.29) is 18.4 Å². The van der Waals surface area contributed by atoms with E-state index in [4.69, 9.17) is 0 Å². The molecule has 0 fully saturated rings. The molecule has 37 heavy (non-hydrogen) atoms. The summed E-state index contributed by atoms with van der Waals surface area (Å²) in [6.07, 6.45) is 5.32. The number of unbranched alkanes of at least 4 members (excludes halogenated alkanes) is 2. The Bertz CT molecular complexity index is 1160. The molecule has 0 saturated heterocycles. The van der Waals surface area contributed by atoms with E-state index in [0.29, 0.717) is 25.2 Å². The number of tetrazole rings is 1. The van der Waals surface area contributed by atoms with Crippen LogP contribution >= 0.6 is 0 Å². The quantitative estimate of drug-likeness (QED) is 0.299. The van der Waals surface area contributed by atoms with Crippen molar-refractivity contribution in [2.24, 2.45) is 5.92 Å². The summed E-state index contributed by atoms with van der Waals surface area (Å²) in [6, 6.07) is 18.4. The number of carbonyl (C=O) groups is 1. The molecule has 8 nitrogen and oxygen atoms in total. The summed E-state index contributed by atoms with van der Waals surface area (Å²) in [5, 5.41) is 34.6. The fourth-order valence-corrected chi connectivity index (χ4v) is 4.67. The second kappa shape index (κ2) is 13.7. The van der Waals surface area contributed by atoms with Gasteiger partial charge in [0.15, 0.2) is 0 Å². The van der Waals surface area contributed by atoms with Crippen molar-refractivity contribution in [1.82, 2.24) is 25.5 Å². The highest BCUT2D eigenvalue weighted by Gasteiger charge is 2.36. The minimum atomic E-state index is -0.817. The van der Waals surface area contributed by atoms with Crippen molar-refractivity contribution in [1.29, 1.82) is 5.26 Å². The summed E-state index contributed by atoms with van der Waals surface area (Å²) in [4.78, 5) is 15.2. The molecular weight excluding hydrogens is 464 g/mol. The van der Waals surface area contributed by atoms with Gasteiger partial charge in [-0.25, -0.2) is 0 Å². The lowest BCUT2D eigenvalue weighted by Gasteiger charge is -2.41. The maximum atomic E-state index is 13.4. The summed E-state index contributed by atoms with van der Waals surface area (Å²) < 4.78 is 0. The van der Waals surface area contributed by atoms with E-state index in [1.165, 1.54) is 0 Å². The molecule has 1 heterocycles. The van der Waals surface area contributed by atoms with Gasteiger partial charge in [0.25, 0.3) is 0 Å². The Kier molecular flexibility index (Phi) is 10.3. The van der Waals surface area contributed by atoms with Crippen LogP contribution in [0.3, 0.4) is 0 Å². The molecule has 196 valence electrons. The number of benzene rings is 2. The maximum Gasteiger partial charge on any atom is 0.223 e. The number of aromatic nitrogens is 4. The lowest BCUT2D eigenvalue weighted by atomic mass is 9.85. The summed E-state index contributed by atoms with van der Waals surface area (Å²) in [7, 11) is 0. The molecule has 1 amide bonds. The van der Waals surface area contributed by atoms with Crippen molar-refractivity contribution in [2.75, 3.05) is 6.61 Å². The number of H-pyrrole nitrogens is 1. The van der Waals surface area contributed by atoms with E-state index in [2.05, 4.69) is 40.5 Å². The van der Waals surface area contributed by atoms with Gasteiger partial charge in [0.05, 0.1) is 18.2 Å². The largest absolute Gasteiger partial charge is 0.394 e. The van der Waals surface area contributed by atoms with Crippen LogP contribution in [0.25, 0.3) is 22.5 Å². The van der Waals surface area contributed by atoms with Crippen LogP contribution in [0.4, 0.5) is 0 Å². The van der Waals surface area contributed by atoms with Gasteiger partial charge in [0.2, 0.25) is 11.7 Å². The monoisotopic (exact) mass is 502 g/mol. The Morgan fingerprint density at radius 3 is 2.41 bits per heavy atom. The Morgan fingerprint density at radius 2 is 1.81 bits per heavy atom. The van der Waals surface area contributed by atoms with Crippen LogP contribution in [0.5, 0.6) is 0 Å². The van der Waals surface area contributed by atoms with Gasteiger partial charge in [-0.15, -0.1) is 10.2 Å². The molecule has 2 atom stereocenters. The molecule has 0 radical (unpaired) electrons. The number of aromatic amines is 1. The van der Waals surface area contributed by atoms with E-state index < -0.39 is 5.54 Å². The van der Waals surface area contributed by atoms with E-state index in [1.807, 2.05) is 55.5 Å². The van der Waals surface area contributed by atoms with E-state index in [0.717, 1.165) is 54.4 Å². The number of amides is 1. The van der Waals surface area contributed by atoms with E-state index in [1.54, 1.807) is 4.90 Å². The van der Waals surface area contributed by atoms with Crippen LogP contribution in [0.2, 0.25) is 0 Å². The number of nitriles is 1. The minimum absolute atomic E-state index is 0.0112. The van der Waals surface area contributed by atoms with Crippen LogP contribution in [-0.4, -0.2) is 48.7 Å². The number of nitrogens with one attached hydrogen (secondary N) is 1. The summed E-state index contributed by atoms with van der Waals surface area (Å²) in [6.45, 7) is 6.25. The number of hydrogen-bond donors (Lipinski definition) is 2. The summed E-state index contributed by atoms with van der Waals surface area (Å²) in [5.41, 5.74) is 3.01. The van der Waals surface area contributed by atoms with Gasteiger partial charge in [0, 0.05) is 24.4 Å². The zero-order chi connectivity index (χ0) is 26.7. The number of carbonyl (C=O) groups excluding carboxylic acids is 1. The summed E-state index contributed by atoms with van der Waals surface area (Å²) in [5.74, 6) is 0.334. The molecule has 2 aromatic carbocycles.